The Bertz CT molecular complexity index is 872. The van der Waals surface area contributed by atoms with Crippen molar-refractivity contribution in [1.82, 2.24) is 10.6 Å². The maximum atomic E-state index is 13.6. The highest BCUT2D eigenvalue weighted by Gasteiger charge is 2.12. The largest absolute Gasteiger partial charge is 0.356 e. The molecule has 2 aromatic rings. The third-order valence-electron chi connectivity index (χ3n) is 3.83. The number of hydrogen-bond donors (Lipinski definition) is 2. The van der Waals surface area contributed by atoms with Gasteiger partial charge in [0.15, 0.2) is 15.8 Å². The van der Waals surface area contributed by atoms with E-state index in [2.05, 4.69) is 15.6 Å². The maximum Gasteiger partial charge on any atom is 0.191 e. The molecule has 0 atom stereocenters. The van der Waals surface area contributed by atoms with Gasteiger partial charge in [0.25, 0.3) is 0 Å². The molecule has 0 spiro atoms. The van der Waals surface area contributed by atoms with E-state index < -0.39 is 21.5 Å². The molecule has 0 fully saturated rings. The summed E-state index contributed by atoms with van der Waals surface area (Å²) in [5.41, 5.74) is 0.948. The van der Waals surface area contributed by atoms with E-state index in [-0.39, 0.29) is 23.6 Å². The van der Waals surface area contributed by atoms with Crippen molar-refractivity contribution in [2.75, 3.05) is 19.3 Å². The number of benzene rings is 2. The number of nitrogens with one attached hydrogen (secondary N) is 2. The minimum atomic E-state index is -3.20. The van der Waals surface area contributed by atoms with Crippen LogP contribution in [0, 0.1) is 11.6 Å². The normalized spacial score (nSPS) is 12.0. The van der Waals surface area contributed by atoms with Gasteiger partial charge in [-0.3, -0.25) is 4.99 Å². The number of halogens is 2. The summed E-state index contributed by atoms with van der Waals surface area (Å²) < 4.78 is 51.1. The first-order valence-electron chi connectivity index (χ1n) is 8.52. The van der Waals surface area contributed by atoms with E-state index in [0.29, 0.717) is 18.9 Å². The summed E-state index contributed by atoms with van der Waals surface area (Å²) in [4.78, 5) is 3.99. The number of nitrogens with zero attached hydrogens (tertiary/aromatic N) is 1. The van der Waals surface area contributed by atoms with Crippen molar-refractivity contribution < 1.29 is 17.2 Å². The summed E-state index contributed by atoms with van der Waals surface area (Å²) in [7, 11) is -1.65. The number of hydrogen-bond acceptors (Lipinski definition) is 3. The summed E-state index contributed by atoms with van der Waals surface area (Å²) in [5.74, 6) is -0.574. The van der Waals surface area contributed by atoms with Gasteiger partial charge < -0.3 is 10.6 Å². The molecule has 2 aromatic carbocycles. The van der Waals surface area contributed by atoms with Crippen molar-refractivity contribution >= 4 is 15.8 Å². The minimum absolute atomic E-state index is 0.0136. The third-order valence-corrected chi connectivity index (χ3v) is 5.52. The van der Waals surface area contributed by atoms with Gasteiger partial charge in [-0.25, -0.2) is 17.2 Å². The Morgan fingerprint density at radius 3 is 2.52 bits per heavy atom. The van der Waals surface area contributed by atoms with Gasteiger partial charge in [-0.2, -0.15) is 0 Å². The molecule has 0 aliphatic heterocycles. The van der Waals surface area contributed by atoms with Crippen LogP contribution < -0.4 is 10.6 Å². The number of guanidine groups is 1. The standard InChI is InChI=1S/C19H23F2N3O2S/c1-22-19(24-13-16-12-17(20)8-9-18(16)21)23-10-5-11-27(25,26)14-15-6-3-2-4-7-15/h2-4,6-9,12H,5,10-11,13-14H2,1H3,(H2,22,23,24). The van der Waals surface area contributed by atoms with Gasteiger partial charge in [0, 0.05) is 25.7 Å². The number of sulfone groups is 1. The van der Waals surface area contributed by atoms with Crippen molar-refractivity contribution in [2.45, 2.75) is 18.7 Å². The Labute approximate surface area is 158 Å². The maximum absolute atomic E-state index is 13.6. The number of rotatable bonds is 8. The molecule has 0 saturated heterocycles. The van der Waals surface area contributed by atoms with Gasteiger partial charge in [0.05, 0.1) is 11.5 Å². The summed E-state index contributed by atoms with van der Waals surface area (Å²) in [6.07, 6.45) is 0.407. The van der Waals surface area contributed by atoms with Crippen molar-refractivity contribution in [3.05, 3.63) is 71.3 Å². The van der Waals surface area contributed by atoms with Crippen LogP contribution in [0.5, 0.6) is 0 Å². The Balaban J connectivity index is 1.75. The molecular formula is C19H23F2N3O2S. The summed E-state index contributed by atoms with van der Waals surface area (Å²) in [6.45, 7) is 0.453. The topological polar surface area (TPSA) is 70.6 Å². The van der Waals surface area contributed by atoms with Gasteiger partial charge >= 0.3 is 0 Å². The SMILES string of the molecule is CN=C(NCCCS(=O)(=O)Cc1ccccc1)NCc1cc(F)ccc1F. The lowest BCUT2D eigenvalue weighted by molar-refractivity contribution is 0.580. The van der Waals surface area contributed by atoms with Gasteiger partial charge in [0.2, 0.25) is 0 Å². The first-order chi connectivity index (χ1) is 12.9. The fraction of sp³-hybridized carbons (Fsp3) is 0.316. The zero-order valence-corrected chi connectivity index (χ0v) is 15.9. The second-order valence-corrected chi connectivity index (χ2v) is 8.20. The second-order valence-electron chi connectivity index (χ2n) is 6.02. The molecule has 0 aliphatic rings. The van der Waals surface area contributed by atoms with Gasteiger partial charge in [-0.05, 0) is 30.2 Å². The average Bonchev–Trinajstić information content (AvgIpc) is 2.64. The van der Waals surface area contributed by atoms with Crippen LogP contribution in [-0.4, -0.2) is 33.7 Å². The van der Waals surface area contributed by atoms with Gasteiger partial charge in [-0.1, -0.05) is 30.3 Å². The van der Waals surface area contributed by atoms with E-state index in [9.17, 15) is 17.2 Å². The molecule has 27 heavy (non-hydrogen) atoms. The first-order valence-corrected chi connectivity index (χ1v) is 10.3. The lowest BCUT2D eigenvalue weighted by Crippen LogP contribution is -2.38. The number of aliphatic imine (C=N–C) groups is 1. The second kappa shape index (κ2) is 10.0. The minimum Gasteiger partial charge on any atom is -0.356 e. The van der Waals surface area contributed by atoms with Crippen LogP contribution >= 0.6 is 0 Å². The Kier molecular flexibility index (Phi) is 7.72. The third kappa shape index (κ3) is 7.34. The van der Waals surface area contributed by atoms with E-state index >= 15 is 0 Å². The predicted molar refractivity (Wildman–Crippen MR) is 103 cm³/mol. The lowest BCUT2D eigenvalue weighted by atomic mass is 10.2. The molecule has 146 valence electrons. The highest BCUT2D eigenvalue weighted by atomic mass is 32.2. The summed E-state index contributed by atoms with van der Waals surface area (Å²) in [5, 5.41) is 5.84. The molecule has 0 unspecified atom stereocenters. The monoisotopic (exact) mass is 395 g/mol. The predicted octanol–water partition coefficient (Wildman–Crippen LogP) is 2.63. The van der Waals surface area contributed by atoms with Crippen molar-refractivity contribution in [2.24, 2.45) is 4.99 Å². The van der Waals surface area contributed by atoms with Crippen molar-refractivity contribution in [3.8, 4) is 0 Å². The molecule has 5 nitrogen and oxygen atoms in total. The highest BCUT2D eigenvalue weighted by molar-refractivity contribution is 7.90. The van der Waals surface area contributed by atoms with Crippen LogP contribution in [0.15, 0.2) is 53.5 Å². The van der Waals surface area contributed by atoms with Gasteiger partial charge in [-0.15, -0.1) is 0 Å². The van der Waals surface area contributed by atoms with E-state index in [1.165, 1.54) is 0 Å². The van der Waals surface area contributed by atoms with Crippen molar-refractivity contribution in [3.63, 3.8) is 0 Å². The molecule has 0 aromatic heterocycles. The summed E-state index contributed by atoms with van der Waals surface area (Å²) >= 11 is 0. The molecular weight excluding hydrogens is 372 g/mol. The van der Waals surface area contributed by atoms with Crippen LogP contribution in [0.4, 0.5) is 8.78 Å². The van der Waals surface area contributed by atoms with Crippen LogP contribution in [0.25, 0.3) is 0 Å². The Morgan fingerprint density at radius 2 is 1.81 bits per heavy atom. The fourth-order valence-electron chi connectivity index (χ4n) is 2.48. The molecule has 8 heteroatoms. The molecule has 0 amide bonds. The molecule has 0 radical (unpaired) electrons. The van der Waals surface area contributed by atoms with Crippen LogP contribution in [0.2, 0.25) is 0 Å². The molecule has 0 bridgehead atoms. The molecule has 2 N–H and O–H groups in total. The Morgan fingerprint density at radius 1 is 1.07 bits per heavy atom. The van der Waals surface area contributed by atoms with E-state index in [1.807, 2.05) is 18.2 Å². The zero-order valence-electron chi connectivity index (χ0n) is 15.1. The zero-order chi connectivity index (χ0) is 19.7. The smallest absolute Gasteiger partial charge is 0.191 e. The van der Waals surface area contributed by atoms with E-state index in [1.54, 1.807) is 19.2 Å². The summed E-state index contributed by atoms with van der Waals surface area (Å²) in [6, 6.07) is 12.3. The Hall–Kier alpha value is -2.48. The average molecular weight is 395 g/mol. The van der Waals surface area contributed by atoms with Crippen molar-refractivity contribution in [1.29, 1.82) is 0 Å². The molecule has 0 saturated carbocycles. The molecule has 2 rings (SSSR count). The quantitative estimate of drug-likeness (QED) is 0.410. The molecule has 0 aliphatic carbocycles. The first kappa shape index (κ1) is 20.8. The van der Waals surface area contributed by atoms with Crippen LogP contribution in [0.3, 0.4) is 0 Å². The fourth-order valence-corrected chi connectivity index (χ4v) is 3.91. The van der Waals surface area contributed by atoms with E-state index in [0.717, 1.165) is 23.8 Å². The highest BCUT2D eigenvalue weighted by Crippen LogP contribution is 2.09. The van der Waals surface area contributed by atoms with E-state index in [4.69, 9.17) is 0 Å². The van der Waals surface area contributed by atoms with Crippen LogP contribution in [-0.2, 0) is 22.1 Å². The lowest BCUT2D eigenvalue weighted by Gasteiger charge is -2.12. The van der Waals surface area contributed by atoms with Gasteiger partial charge in [0.1, 0.15) is 11.6 Å². The molecule has 0 heterocycles. The van der Waals surface area contributed by atoms with Crippen LogP contribution in [0.1, 0.15) is 17.5 Å².